The predicted molar refractivity (Wildman–Crippen MR) is 44.7 cm³/mol. The van der Waals surface area contributed by atoms with Crippen LogP contribution in [-0.4, -0.2) is 34.7 Å². The first kappa shape index (κ1) is 9.24. The number of nitrogens with one attached hydrogen (secondary N) is 1. The molecule has 6 nitrogen and oxygen atoms in total. The fourth-order valence-corrected chi connectivity index (χ4v) is 0.696. The molecule has 0 atom stereocenters. The lowest BCUT2D eigenvalue weighted by Gasteiger charge is -2.02. The minimum Gasteiger partial charge on any atom is -0.481 e. The Labute approximate surface area is 74.6 Å². The average Bonchev–Trinajstić information content (AvgIpc) is 2.15. The zero-order valence-electron chi connectivity index (χ0n) is 7.02. The topological polar surface area (TPSA) is 84.3 Å². The van der Waals surface area contributed by atoms with E-state index in [-0.39, 0.29) is 12.5 Å². The Bertz CT molecular complexity index is 303. The van der Waals surface area contributed by atoms with Crippen LogP contribution in [0.4, 0.5) is 5.95 Å². The Morgan fingerprint density at radius 1 is 1.77 bits per heavy atom. The van der Waals surface area contributed by atoms with E-state index in [1.807, 2.05) is 0 Å². The zero-order valence-corrected chi connectivity index (χ0v) is 7.02. The van der Waals surface area contributed by atoms with Gasteiger partial charge in [-0.2, -0.15) is 4.98 Å². The van der Waals surface area contributed by atoms with Gasteiger partial charge in [-0.05, 0) is 0 Å². The molecule has 2 N–H and O–H groups in total. The highest BCUT2D eigenvalue weighted by molar-refractivity contribution is 5.71. The first-order valence-corrected chi connectivity index (χ1v) is 3.55. The Balaban J connectivity index is 2.61. The van der Waals surface area contributed by atoms with Gasteiger partial charge in [-0.25, -0.2) is 4.98 Å². The summed E-state index contributed by atoms with van der Waals surface area (Å²) in [4.78, 5) is 17.8. The highest BCUT2D eigenvalue weighted by atomic mass is 16.5. The zero-order chi connectivity index (χ0) is 9.68. The van der Waals surface area contributed by atoms with Gasteiger partial charge in [0.1, 0.15) is 6.54 Å². The van der Waals surface area contributed by atoms with Crippen molar-refractivity contribution in [1.29, 1.82) is 0 Å². The van der Waals surface area contributed by atoms with Crippen molar-refractivity contribution in [2.75, 3.05) is 19.0 Å². The van der Waals surface area contributed by atoms with Crippen molar-refractivity contribution in [1.82, 2.24) is 9.97 Å². The molecule has 0 radical (unpaired) electrons. The van der Waals surface area contributed by atoms with Crippen molar-refractivity contribution in [3.05, 3.63) is 12.3 Å². The molecule has 0 aliphatic rings. The van der Waals surface area contributed by atoms with E-state index in [2.05, 4.69) is 15.3 Å². The summed E-state index contributed by atoms with van der Waals surface area (Å²) in [6, 6.07) is 1.58. The number of carbonyl (C=O) groups is 1. The summed E-state index contributed by atoms with van der Waals surface area (Å²) in [5.74, 6) is -0.337. The lowest BCUT2D eigenvalue weighted by molar-refractivity contribution is -0.134. The van der Waals surface area contributed by atoms with Gasteiger partial charge in [0.05, 0.1) is 7.11 Å². The molecular weight excluding hydrogens is 174 g/mol. The summed E-state index contributed by atoms with van der Waals surface area (Å²) < 4.78 is 4.82. The van der Waals surface area contributed by atoms with Gasteiger partial charge in [0.25, 0.3) is 0 Å². The van der Waals surface area contributed by atoms with Gasteiger partial charge >= 0.3 is 5.97 Å². The third-order valence-corrected chi connectivity index (χ3v) is 1.24. The smallest absolute Gasteiger partial charge is 0.322 e. The van der Waals surface area contributed by atoms with Gasteiger partial charge in [-0.15, -0.1) is 0 Å². The van der Waals surface area contributed by atoms with Crippen LogP contribution in [0.1, 0.15) is 0 Å². The van der Waals surface area contributed by atoms with Crippen molar-refractivity contribution in [3.63, 3.8) is 0 Å². The van der Waals surface area contributed by atoms with Gasteiger partial charge < -0.3 is 15.2 Å². The van der Waals surface area contributed by atoms with Crippen LogP contribution in [0.25, 0.3) is 0 Å². The van der Waals surface area contributed by atoms with Crippen LogP contribution in [0.3, 0.4) is 0 Å². The van der Waals surface area contributed by atoms with Crippen LogP contribution < -0.4 is 10.1 Å². The normalized spacial score (nSPS) is 9.31. The largest absolute Gasteiger partial charge is 0.481 e. The van der Waals surface area contributed by atoms with Crippen molar-refractivity contribution in [2.45, 2.75) is 0 Å². The summed E-state index contributed by atoms with van der Waals surface area (Å²) in [5.41, 5.74) is 0. The monoisotopic (exact) mass is 183 g/mol. The first-order valence-electron chi connectivity index (χ1n) is 3.55. The number of aliphatic carboxylic acids is 1. The molecule has 0 saturated heterocycles. The summed E-state index contributed by atoms with van der Waals surface area (Å²) in [7, 11) is 1.48. The average molecular weight is 183 g/mol. The van der Waals surface area contributed by atoms with E-state index >= 15 is 0 Å². The molecule has 1 aromatic rings. The molecule has 1 heterocycles. The van der Waals surface area contributed by atoms with E-state index in [1.165, 1.54) is 13.3 Å². The fraction of sp³-hybridized carbons (Fsp3) is 0.286. The number of hydrogen-bond donors (Lipinski definition) is 2. The van der Waals surface area contributed by atoms with E-state index in [1.54, 1.807) is 6.07 Å². The van der Waals surface area contributed by atoms with E-state index in [4.69, 9.17) is 9.84 Å². The number of rotatable bonds is 4. The second kappa shape index (κ2) is 4.24. The number of anilines is 1. The third-order valence-electron chi connectivity index (χ3n) is 1.24. The predicted octanol–water partition coefficient (Wildman–Crippen LogP) is -0.0183. The van der Waals surface area contributed by atoms with Gasteiger partial charge in [0.15, 0.2) is 0 Å². The van der Waals surface area contributed by atoms with Crippen LogP contribution >= 0.6 is 0 Å². The second-order valence-corrected chi connectivity index (χ2v) is 2.17. The van der Waals surface area contributed by atoms with Crippen molar-refractivity contribution in [2.24, 2.45) is 0 Å². The lowest BCUT2D eigenvalue weighted by Crippen LogP contribution is -2.14. The Morgan fingerprint density at radius 2 is 2.54 bits per heavy atom. The molecule has 1 aromatic heterocycles. The molecule has 0 saturated carbocycles. The maximum absolute atomic E-state index is 10.2. The quantitative estimate of drug-likeness (QED) is 0.682. The number of carboxylic acid groups (broad SMARTS) is 1. The molecule has 1 rings (SSSR count). The minimum atomic E-state index is -0.966. The molecule has 6 heteroatoms. The van der Waals surface area contributed by atoms with Crippen LogP contribution in [-0.2, 0) is 4.79 Å². The summed E-state index contributed by atoms with van der Waals surface area (Å²) >= 11 is 0. The standard InChI is InChI=1S/C7H9N3O3/c1-13-5-2-3-8-7(10-5)9-4-6(11)12/h2-3H,4H2,1H3,(H,11,12)(H,8,9,10). The second-order valence-electron chi connectivity index (χ2n) is 2.17. The number of methoxy groups -OCH3 is 1. The first-order chi connectivity index (χ1) is 6.22. The number of ether oxygens (including phenoxy) is 1. The molecule has 0 unspecified atom stereocenters. The SMILES string of the molecule is COc1ccnc(NCC(=O)O)n1. The maximum atomic E-state index is 10.2. The molecule has 0 amide bonds. The van der Waals surface area contributed by atoms with Gasteiger partial charge in [0.2, 0.25) is 11.8 Å². The van der Waals surface area contributed by atoms with Crippen LogP contribution in [0, 0.1) is 0 Å². The van der Waals surface area contributed by atoms with E-state index < -0.39 is 5.97 Å². The van der Waals surface area contributed by atoms with Crippen LogP contribution in [0.15, 0.2) is 12.3 Å². The fourth-order valence-electron chi connectivity index (χ4n) is 0.696. The molecule has 0 spiro atoms. The lowest BCUT2D eigenvalue weighted by atomic mass is 10.6. The summed E-state index contributed by atoms with van der Waals surface area (Å²) in [6.45, 7) is -0.215. The van der Waals surface area contributed by atoms with E-state index in [9.17, 15) is 4.79 Å². The number of carboxylic acids is 1. The van der Waals surface area contributed by atoms with Crippen molar-refractivity contribution < 1.29 is 14.6 Å². The molecule has 0 fully saturated rings. The number of aromatic nitrogens is 2. The molecule has 0 aromatic carbocycles. The Kier molecular flexibility index (Phi) is 3.02. The molecule has 0 bridgehead atoms. The maximum Gasteiger partial charge on any atom is 0.322 e. The highest BCUT2D eigenvalue weighted by Crippen LogP contribution is 2.06. The van der Waals surface area contributed by atoms with Crippen LogP contribution in [0.2, 0.25) is 0 Å². The minimum absolute atomic E-state index is 0.215. The molecule has 0 aliphatic heterocycles. The van der Waals surface area contributed by atoms with E-state index in [0.717, 1.165) is 0 Å². The number of hydrogen-bond acceptors (Lipinski definition) is 5. The Hall–Kier alpha value is -1.85. The molecule has 13 heavy (non-hydrogen) atoms. The van der Waals surface area contributed by atoms with Crippen LogP contribution in [0.5, 0.6) is 5.88 Å². The van der Waals surface area contributed by atoms with Gasteiger partial charge in [-0.1, -0.05) is 0 Å². The van der Waals surface area contributed by atoms with E-state index in [0.29, 0.717) is 5.88 Å². The molecular formula is C7H9N3O3. The van der Waals surface area contributed by atoms with Crippen molar-refractivity contribution >= 4 is 11.9 Å². The molecule has 70 valence electrons. The van der Waals surface area contributed by atoms with Crippen molar-refractivity contribution in [3.8, 4) is 5.88 Å². The number of nitrogens with zero attached hydrogens (tertiary/aromatic N) is 2. The van der Waals surface area contributed by atoms with Gasteiger partial charge in [-0.3, -0.25) is 4.79 Å². The molecule has 0 aliphatic carbocycles. The highest BCUT2D eigenvalue weighted by Gasteiger charge is 2.00. The van der Waals surface area contributed by atoms with Gasteiger partial charge in [0, 0.05) is 12.3 Å². The summed E-state index contributed by atoms with van der Waals surface area (Å²) in [6.07, 6.45) is 1.48. The third kappa shape index (κ3) is 2.94. The summed E-state index contributed by atoms with van der Waals surface area (Å²) in [5, 5.41) is 10.9. The Morgan fingerprint density at radius 3 is 3.15 bits per heavy atom.